The summed E-state index contributed by atoms with van der Waals surface area (Å²) in [6.45, 7) is 9.17. The maximum Gasteiger partial charge on any atom is 0.0710 e. The number of hydrogen-bond acceptors (Lipinski definition) is 4. The standard InChI is InChI=1S/C21H27N5/c1-3-26(4-2)16-19-9-6-5-8-17(19)12-23-14-20-15-24-25-21(20)18-10-7-11-22-13-18/h5-11,13,15,23H,3-4,12,14,16H2,1-2H3,(H,24,25). The Labute approximate surface area is 155 Å². The number of H-pyrrole nitrogens is 1. The Hall–Kier alpha value is -2.50. The van der Waals surface area contributed by atoms with Gasteiger partial charge in [0.15, 0.2) is 0 Å². The van der Waals surface area contributed by atoms with Crippen molar-refractivity contribution in [1.29, 1.82) is 0 Å². The van der Waals surface area contributed by atoms with E-state index in [-0.39, 0.29) is 0 Å². The summed E-state index contributed by atoms with van der Waals surface area (Å²) in [4.78, 5) is 6.63. The summed E-state index contributed by atoms with van der Waals surface area (Å²) in [6, 6.07) is 12.7. The zero-order chi connectivity index (χ0) is 18.2. The van der Waals surface area contributed by atoms with E-state index >= 15 is 0 Å². The molecule has 3 aromatic rings. The molecule has 3 rings (SSSR count). The second kappa shape index (κ2) is 9.27. The molecule has 0 saturated heterocycles. The summed E-state index contributed by atoms with van der Waals surface area (Å²) in [5.41, 5.74) is 5.99. The van der Waals surface area contributed by atoms with E-state index in [1.807, 2.05) is 24.5 Å². The van der Waals surface area contributed by atoms with Gasteiger partial charge in [-0.05, 0) is 36.3 Å². The fourth-order valence-electron chi connectivity index (χ4n) is 3.11. The van der Waals surface area contributed by atoms with Crippen molar-refractivity contribution in [3.63, 3.8) is 0 Å². The van der Waals surface area contributed by atoms with E-state index < -0.39 is 0 Å². The van der Waals surface area contributed by atoms with Crippen LogP contribution in [0, 0.1) is 0 Å². The van der Waals surface area contributed by atoms with E-state index in [0.717, 1.165) is 49.5 Å². The lowest BCUT2D eigenvalue weighted by Gasteiger charge is -2.20. The first kappa shape index (κ1) is 18.3. The fourth-order valence-corrected chi connectivity index (χ4v) is 3.11. The van der Waals surface area contributed by atoms with E-state index in [4.69, 9.17) is 0 Å². The zero-order valence-electron chi connectivity index (χ0n) is 15.6. The number of benzene rings is 1. The van der Waals surface area contributed by atoms with E-state index in [9.17, 15) is 0 Å². The van der Waals surface area contributed by atoms with Crippen LogP contribution in [-0.2, 0) is 19.6 Å². The first-order valence-electron chi connectivity index (χ1n) is 9.24. The molecule has 2 heterocycles. The summed E-state index contributed by atoms with van der Waals surface area (Å²) in [6.07, 6.45) is 5.53. The third-order valence-corrected chi connectivity index (χ3v) is 4.71. The highest BCUT2D eigenvalue weighted by Crippen LogP contribution is 2.20. The molecule has 0 radical (unpaired) electrons. The van der Waals surface area contributed by atoms with Gasteiger partial charge in [0, 0.05) is 43.2 Å². The lowest BCUT2D eigenvalue weighted by Crippen LogP contribution is -2.23. The van der Waals surface area contributed by atoms with Gasteiger partial charge in [-0.25, -0.2) is 0 Å². The molecule has 0 atom stereocenters. The summed E-state index contributed by atoms with van der Waals surface area (Å²) in [7, 11) is 0. The van der Waals surface area contributed by atoms with Crippen LogP contribution < -0.4 is 5.32 Å². The Morgan fingerprint density at radius 1 is 0.923 bits per heavy atom. The monoisotopic (exact) mass is 349 g/mol. The molecule has 0 fully saturated rings. The SMILES string of the molecule is CCN(CC)Cc1ccccc1CNCc1cn[nH]c1-c1cccnc1. The molecule has 2 N–H and O–H groups in total. The van der Waals surface area contributed by atoms with Crippen molar-refractivity contribution >= 4 is 0 Å². The Bertz CT molecular complexity index is 793. The molecule has 0 bridgehead atoms. The molecule has 26 heavy (non-hydrogen) atoms. The number of aromatic amines is 1. The van der Waals surface area contributed by atoms with Crippen molar-refractivity contribution in [3.05, 3.63) is 71.7 Å². The molecule has 1 aromatic carbocycles. The lowest BCUT2D eigenvalue weighted by molar-refractivity contribution is 0.294. The first-order chi connectivity index (χ1) is 12.8. The predicted octanol–water partition coefficient (Wildman–Crippen LogP) is 3.60. The van der Waals surface area contributed by atoms with Crippen LogP contribution in [0.2, 0.25) is 0 Å². The van der Waals surface area contributed by atoms with Gasteiger partial charge in [-0.3, -0.25) is 15.0 Å². The van der Waals surface area contributed by atoms with Gasteiger partial charge in [0.05, 0.1) is 11.9 Å². The van der Waals surface area contributed by atoms with Crippen molar-refractivity contribution in [2.45, 2.75) is 33.5 Å². The van der Waals surface area contributed by atoms with Crippen molar-refractivity contribution < 1.29 is 0 Å². The highest BCUT2D eigenvalue weighted by Gasteiger charge is 2.09. The molecule has 136 valence electrons. The topological polar surface area (TPSA) is 56.8 Å². The second-order valence-corrected chi connectivity index (χ2v) is 6.35. The molecule has 5 heteroatoms. The highest BCUT2D eigenvalue weighted by molar-refractivity contribution is 5.61. The molecule has 0 spiro atoms. The first-order valence-corrected chi connectivity index (χ1v) is 9.24. The van der Waals surface area contributed by atoms with Gasteiger partial charge in [0.1, 0.15) is 0 Å². The number of nitrogens with zero attached hydrogens (tertiary/aromatic N) is 3. The van der Waals surface area contributed by atoms with Crippen LogP contribution in [0.15, 0.2) is 55.0 Å². The molecule has 2 aromatic heterocycles. The normalized spacial score (nSPS) is 11.2. The third kappa shape index (κ3) is 4.56. The molecule has 5 nitrogen and oxygen atoms in total. The van der Waals surface area contributed by atoms with Crippen LogP contribution in [-0.4, -0.2) is 33.2 Å². The Kier molecular flexibility index (Phi) is 6.52. The van der Waals surface area contributed by atoms with Crippen molar-refractivity contribution in [3.8, 4) is 11.3 Å². The van der Waals surface area contributed by atoms with Crippen LogP contribution >= 0.6 is 0 Å². The summed E-state index contributed by atoms with van der Waals surface area (Å²) in [5.74, 6) is 0. The van der Waals surface area contributed by atoms with Gasteiger partial charge >= 0.3 is 0 Å². The smallest absolute Gasteiger partial charge is 0.0710 e. The fraction of sp³-hybridized carbons (Fsp3) is 0.333. The summed E-state index contributed by atoms with van der Waals surface area (Å²) < 4.78 is 0. The second-order valence-electron chi connectivity index (χ2n) is 6.35. The third-order valence-electron chi connectivity index (χ3n) is 4.71. The van der Waals surface area contributed by atoms with E-state index in [2.05, 4.69) is 63.5 Å². The molecule has 0 aliphatic rings. The van der Waals surface area contributed by atoms with Crippen LogP contribution in [0.5, 0.6) is 0 Å². The Balaban J connectivity index is 1.64. The van der Waals surface area contributed by atoms with Crippen molar-refractivity contribution in [1.82, 2.24) is 25.4 Å². The largest absolute Gasteiger partial charge is 0.308 e. The molecule has 0 saturated carbocycles. The highest BCUT2D eigenvalue weighted by atomic mass is 15.1. The number of rotatable bonds is 9. The molecule has 0 amide bonds. The van der Waals surface area contributed by atoms with Crippen molar-refractivity contribution in [2.75, 3.05) is 13.1 Å². The van der Waals surface area contributed by atoms with Crippen LogP contribution in [0.1, 0.15) is 30.5 Å². The van der Waals surface area contributed by atoms with E-state index in [1.54, 1.807) is 6.20 Å². The quantitative estimate of drug-likeness (QED) is 0.620. The van der Waals surface area contributed by atoms with E-state index in [1.165, 1.54) is 11.1 Å². The van der Waals surface area contributed by atoms with Crippen LogP contribution in [0.4, 0.5) is 0 Å². The Morgan fingerprint density at radius 3 is 2.42 bits per heavy atom. The minimum Gasteiger partial charge on any atom is -0.308 e. The summed E-state index contributed by atoms with van der Waals surface area (Å²) >= 11 is 0. The van der Waals surface area contributed by atoms with Gasteiger partial charge in [-0.15, -0.1) is 0 Å². The van der Waals surface area contributed by atoms with Gasteiger partial charge in [0.25, 0.3) is 0 Å². The van der Waals surface area contributed by atoms with Crippen molar-refractivity contribution in [2.24, 2.45) is 0 Å². The van der Waals surface area contributed by atoms with Crippen LogP contribution in [0.3, 0.4) is 0 Å². The maximum atomic E-state index is 4.20. The number of hydrogen-bond donors (Lipinski definition) is 2. The Morgan fingerprint density at radius 2 is 1.69 bits per heavy atom. The average Bonchev–Trinajstić information content (AvgIpc) is 3.16. The van der Waals surface area contributed by atoms with Gasteiger partial charge < -0.3 is 5.32 Å². The molecular formula is C21H27N5. The van der Waals surface area contributed by atoms with Gasteiger partial charge in [-0.1, -0.05) is 38.1 Å². The van der Waals surface area contributed by atoms with Gasteiger partial charge in [-0.2, -0.15) is 5.10 Å². The minimum absolute atomic E-state index is 0.764. The molecular weight excluding hydrogens is 322 g/mol. The number of nitrogens with one attached hydrogen (secondary N) is 2. The maximum absolute atomic E-state index is 4.20. The number of aromatic nitrogens is 3. The van der Waals surface area contributed by atoms with E-state index in [0.29, 0.717) is 0 Å². The lowest BCUT2D eigenvalue weighted by atomic mass is 10.1. The molecule has 0 aliphatic carbocycles. The average molecular weight is 349 g/mol. The van der Waals surface area contributed by atoms with Crippen LogP contribution in [0.25, 0.3) is 11.3 Å². The molecule has 0 aliphatic heterocycles. The predicted molar refractivity (Wildman–Crippen MR) is 105 cm³/mol. The number of pyridine rings is 1. The minimum atomic E-state index is 0.764. The summed E-state index contributed by atoms with van der Waals surface area (Å²) in [5, 5.41) is 10.9. The van der Waals surface area contributed by atoms with Gasteiger partial charge in [0.2, 0.25) is 0 Å². The zero-order valence-corrected chi connectivity index (χ0v) is 15.6. The molecule has 0 unspecified atom stereocenters.